The number of ether oxygens (including phenoxy) is 11. The van der Waals surface area contributed by atoms with Crippen LogP contribution >= 0.6 is 0 Å². The first kappa shape index (κ1) is 98.1. The van der Waals surface area contributed by atoms with Crippen molar-refractivity contribution in [3.63, 3.8) is 0 Å². The van der Waals surface area contributed by atoms with Crippen molar-refractivity contribution in [3.05, 3.63) is 279 Å². The summed E-state index contributed by atoms with van der Waals surface area (Å²) in [4.78, 5) is 328. The predicted octanol–water partition coefficient (Wildman–Crippen LogP) is 4.69. The largest absolute Gasteiger partial charge is 0.478 e. The number of hydrogen-bond donors (Lipinski definition) is 16. The van der Waals surface area contributed by atoms with Crippen molar-refractivity contribution in [2.24, 2.45) is 0 Å². The molecule has 51 nitrogen and oxygen atoms in total. The molecule has 0 spiro atoms. The van der Waals surface area contributed by atoms with Crippen LogP contribution in [0.4, 0.5) is 0 Å². The molecular formula is C84H54O51. The van der Waals surface area contributed by atoms with Crippen LogP contribution in [0, 0.1) is 0 Å². The van der Waals surface area contributed by atoms with E-state index in [0.29, 0.717) is 109 Å². The van der Waals surface area contributed by atoms with E-state index >= 15 is 28.8 Å². The Labute approximate surface area is 743 Å². The predicted molar refractivity (Wildman–Crippen MR) is 417 cm³/mol. The van der Waals surface area contributed by atoms with Crippen molar-refractivity contribution < 1.29 is 249 Å². The molecule has 0 saturated carbocycles. The molecular weight excluding hydrogens is 1820 g/mol. The Morgan fingerprint density at radius 1 is 0.185 bits per heavy atom. The highest BCUT2D eigenvalue weighted by Gasteiger charge is 2.60. The lowest BCUT2D eigenvalue weighted by atomic mass is 9.95. The third-order valence-corrected chi connectivity index (χ3v) is 19.4. The fourth-order valence-electron chi connectivity index (χ4n) is 13.0. The lowest BCUT2D eigenvalue weighted by molar-refractivity contribution is -0.351. The van der Waals surface area contributed by atoms with Gasteiger partial charge >= 0.3 is 143 Å². The van der Waals surface area contributed by atoms with Gasteiger partial charge in [-0.3, -0.25) is 0 Å². The second kappa shape index (κ2) is 40.5. The maximum absolute atomic E-state index is 15.7. The van der Waals surface area contributed by atoms with Crippen LogP contribution in [-0.4, -0.2) is 300 Å². The Morgan fingerprint density at radius 3 is 0.570 bits per heavy atom. The summed E-state index contributed by atoms with van der Waals surface area (Å²) in [6, 6.07) is 9.49. The highest BCUT2D eigenvalue weighted by Crippen LogP contribution is 2.40. The summed E-state index contributed by atoms with van der Waals surface area (Å²) >= 11 is 0. The van der Waals surface area contributed by atoms with E-state index in [9.17, 15) is 168 Å². The maximum atomic E-state index is 15.7. The molecule has 2 fully saturated rings. The van der Waals surface area contributed by atoms with E-state index in [1.807, 2.05) is 0 Å². The van der Waals surface area contributed by atoms with Gasteiger partial charge in [0.05, 0.1) is 134 Å². The summed E-state index contributed by atoms with van der Waals surface area (Å²) in [5.74, 6) is -51.9. The Kier molecular flexibility index (Phi) is 29.4. The molecule has 2 aliphatic rings. The zero-order valence-corrected chi connectivity index (χ0v) is 66.5. The molecule has 135 heavy (non-hydrogen) atoms. The number of carboxylic acids is 16. The molecule has 0 aromatic heterocycles. The number of benzene rings is 8. The molecule has 2 heterocycles. The van der Waals surface area contributed by atoms with Gasteiger partial charge in [-0.25, -0.2) is 115 Å². The number of aromatic carboxylic acids is 16. The van der Waals surface area contributed by atoms with Crippen molar-refractivity contribution in [1.29, 1.82) is 0 Å². The van der Waals surface area contributed by atoms with Gasteiger partial charge in [0, 0.05) is 0 Å². The van der Waals surface area contributed by atoms with Crippen molar-refractivity contribution in [3.8, 4) is 0 Å². The number of rotatable bonds is 36. The second-order valence-electron chi connectivity index (χ2n) is 27.6. The number of esters is 8. The average molecular weight is 1880 g/mol. The minimum Gasteiger partial charge on any atom is -0.478 e. The minimum absolute atomic E-state index is 0.180. The van der Waals surface area contributed by atoms with E-state index in [1.165, 1.54) is 0 Å². The number of carbonyl (C=O) groups is 24. The quantitative estimate of drug-likeness (QED) is 0.0187. The third kappa shape index (κ3) is 21.9. The number of hydrogen-bond acceptors (Lipinski definition) is 35. The summed E-state index contributed by atoms with van der Waals surface area (Å²) in [5, 5.41) is 166. The Balaban J connectivity index is 1.38. The Morgan fingerprint density at radius 2 is 0.356 bits per heavy atom. The van der Waals surface area contributed by atoms with Gasteiger partial charge in [-0.2, -0.15) is 0 Å². The fourth-order valence-corrected chi connectivity index (χ4v) is 13.0. The van der Waals surface area contributed by atoms with E-state index in [1.54, 1.807) is 0 Å². The maximum Gasteiger partial charge on any atom is 0.341 e. The van der Waals surface area contributed by atoms with E-state index in [4.69, 9.17) is 52.1 Å². The summed E-state index contributed by atoms with van der Waals surface area (Å²) in [6.07, 6.45) is -34.6. The van der Waals surface area contributed by atoms with Crippen LogP contribution in [0.3, 0.4) is 0 Å². The van der Waals surface area contributed by atoms with E-state index in [0.717, 1.165) is 0 Å². The van der Waals surface area contributed by atoms with E-state index in [2.05, 4.69) is 0 Å². The first-order chi connectivity index (χ1) is 63.5. The molecule has 0 radical (unpaired) electrons. The second-order valence-corrected chi connectivity index (χ2v) is 27.6. The van der Waals surface area contributed by atoms with Gasteiger partial charge in [0.2, 0.25) is 12.4 Å². The van der Waals surface area contributed by atoms with E-state index < -0.39 is 351 Å². The van der Waals surface area contributed by atoms with Crippen molar-refractivity contribution >= 4 is 143 Å². The Bertz CT molecular complexity index is 6500. The summed E-state index contributed by atoms with van der Waals surface area (Å²) in [5.41, 5.74) is -30.5. The van der Waals surface area contributed by atoms with Crippen molar-refractivity contribution in [1.82, 2.24) is 0 Å². The highest BCUT2D eigenvalue weighted by molar-refractivity contribution is 6.11. The van der Waals surface area contributed by atoms with Gasteiger partial charge < -0.3 is 134 Å². The Hall–Kier alpha value is -19.1. The number of carboxylic acid groups (broad SMARTS) is 16. The van der Waals surface area contributed by atoms with Crippen LogP contribution in [0.25, 0.3) is 0 Å². The van der Waals surface area contributed by atoms with Crippen molar-refractivity contribution in [2.45, 2.75) is 61.4 Å². The smallest absolute Gasteiger partial charge is 0.341 e. The molecule has 51 heteroatoms. The SMILES string of the molecule is O=C(O)c1ccc(C(=O)O)c(C(=O)OC[C@H]2O[C@@H](O[C@H]3[C@H](OC(=O)c4cc(C(=O)O)ccc4C(=O)O)[C@@H](OC(=O)c4cc(C(=O)O)ccc4C(=O)O)[C@@H](OC(=O)c4cc(C(=O)O)ccc4C(=O)O)O[C@@H]3COC(=O)c3cc(C(=O)O)ccc3C(=O)O)[C@H](OC(=O)c3cc(C(=O)O)ccc3C(=O)O)[C@@H](OC(=O)c3cc(C(=O)O)ccc3C(=O)O)[C@H]2OC(=O)c2cc(C(=O)O)ccc2C(=O)O)c1. The third-order valence-electron chi connectivity index (χ3n) is 19.4. The first-order valence-electron chi connectivity index (χ1n) is 36.9. The molecule has 0 bridgehead atoms. The number of carbonyl (C=O) groups excluding carboxylic acids is 8. The summed E-state index contributed by atoms with van der Waals surface area (Å²) in [6.45, 7) is -4.11. The van der Waals surface area contributed by atoms with Crippen LogP contribution < -0.4 is 0 Å². The van der Waals surface area contributed by atoms with Crippen LogP contribution in [0.5, 0.6) is 0 Å². The van der Waals surface area contributed by atoms with Gasteiger partial charge in [-0.1, -0.05) is 0 Å². The summed E-state index contributed by atoms with van der Waals surface area (Å²) < 4.78 is 64.9. The van der Waals surface area contributed by atoms with Crippen LogP contribution in [0.2, 0.25) is 0 Å². The van der Waals surface area contributed by atoms with Gasteiger partial charge in [0.15, 0.2) is 30.7 Å². The standard InChI is InChI=1S/C84H54O51/c85-59(86)27-1-9-35(67(101)102)43(17-27)75(117)125-25-51-53(129-77(119)45-19-29(61(89)90)3-11-37(45)69(105)106)55(130-78(120)46-20-30(62(91)92)4-12-38(46)70(107)108)57(132-80(122)48-22-32(64(95)96)6-14-40(48)72(111)112)83(127-51)134-54-52(26-126-76(118)44-18-28(60(87)88)2-10-36(44)68(103)104)128-84(135-82(124)50-24-34(66(99)100)8-16-42(50)74(115)116)58(133-81(123)49-23-33(65(97)98)7-15-41(49)73(113)114)56(54)131-79(121)47-21-31(63(93)94)5-13-39(47)71(109)110/h1-24,51-58,83-84H,25-26H2,(H,85,86)(H,87,88)(H,89,90)(H,91,92)(H,93,94)(H,95,96)(H,97,98)(H,99,100)(H,101,102)(H,103,104)(H,105,106)(H,107,108)(H,109,110)(H,111,112)(H,113,114)(H,115,116)/t51-,52-,53+,54-,55+,56+,57-,58-,83+,84-/m1/s1. The molecule has 696 valence electrons. The van der Waals surface area contributed by atoms with Gasteiger partial charge in [0.1, 0.15) is 31.5 Å². The monoisotopic (exact) mass is 1880 g/mol. The summed E-state index contributed by atoms with van der Waals surface area (Å²) in [7, 11) is 0. The van der Waals surface area contributed by atoms with E-state index in [-0.39, 0.29) is 36.4 Å². The molecule has 8 aromatic rings. The van der Waals surface area contributed by atoms with Crippen LogP contribution in [-0.2, 0) is 52.1 Å². The zero-order chi connectivity index (χ0) is 99.6. The van der Waals surface area contributed by atoms with Crippen LogP contribution in [0.1, 0.15) is 249 Å². The van der Waals surface area contributed by atoms with Gasteiger partial charge in [-0.05, 0) is 146 Å². The lowest BCUT2D eigenvalue weighted by Gasteiger charge is -2.48. The molecule has 2 aliphatic heterocycles. The topological polar surface area (TPSA) is 835 Å². The molecule has 10 rings (SSSR count). The zero-order valence-electron chi connectivity index (χ0n) is 66.5. The van der Waals surface area contributed by atoms with Crippen LogP contribution in [0.15, 0.2) is 146 Å². The molecule has 2 saturated heterocycles. The van der Waals surface area contributed by atoms with Gasteiger partial charge in [0.25, 0.3) is 0 Å². The highest BCUT2D eigenvalue weighted by atomic mass is 16.8. The van der Waals surface area contributed by atoms with Crippen molar-refractivity contribution in [2.75, 3.05) is 13.2 Å². The normalized spacial score (nSPS) is 17.5. The molecule has 10 atom stereocenters. The first-order valence-corrected chi connectivity index (χ1v) is 36.9. The lowest BCUT2D eigenvalue weighted by Crippen LogP contribution is -2.67. The molecule has 0 amide bonds. The molecule has 8 aromatic carbocycles. The molecule has 0 aliphatic carbocycles. The fraction of sp³-hybridized carbons (Fsp3) is 0.143. The molecule has 16 N–H and O–H groups in total. The van der Waals surface area contributed by atoms with Gasteiger partial charge in [-0.15, -0.1) is 0 Å². The molecule has 0 unspecified atom stereocenters. The minimum atomic E-state index is -3.65. The average Bonchev–Trinajstić information content (AvgIpc) is 0.745.